The van der Waals surface area contributed by atoms with Gasteiger partial charge in [-0.05, 0) is 20.8 Å². The van der Waals surface area contributed by atoms with Crippen molar-refractivity contribution in [1.29, 1.82) is 0 Å². The normalized spacial score (nSPS) is 12.6. The van der Waals surface area contributed by atoms with Crippen LogP contribution in [0.1, 0.15) is 20.8 Å². The van der Waals surface area contributed by atoms with E-state index in [0.29, 0.717) is 12.2 Å². The molecule has 0 aromatic carbocycles. The van der Waals surface area contributed by atoms with Crippen LogP contribution in [0.4, 0.5) is 13.2 Å². The summed E-state index contributed by atoms with van der Waals surface area (Å²) >= 11 is 0. The van der Waals surface area contributed by atoms with E-state index in [0.717, 1.165) is 0 Å². The number of alkyl halides is 3. The molecule has 17 heavy (non-hydrogen) atoms. The first-order valence-electron chi connectivity index (χ1n) is 4.64. The van der Waals surface area contributed by atoms with E-state index in [-0.39, 0.29) is 0 Å². The summed E-state index contributed by atoms with van der Waals surface area (Å²) in [5.41, 5.74) is -0.739. The molecular formula is C10H13F3O4. The summed E-state index contributed by atoms with van der Waals surface area (Å²) in [7, 11) is 0. The lowest BCUT2D eigenvalue weighted by Crippen LogP contribution is -2.23. The van der Waals surface area contributed by atoms with Gasteiger partial charge in [0.2, 0.25) is 0 Å². The molecule has 0 aromatic rings. The molecule has 0 rings (SSSR count). The van der Waals surface area contributed by atoms with Crippen molar-refractivity contribution in [3.05, 3.63) is 12.2 Å². The van der Waals surface area contributed by atoms with E-state index in [1.807, 2.05) is 0 Å². The number of ether oxygens (including phenoxy) is 2. The first-order valence-corrected chi connectivity index (χ1v) is 4.64. The van der Waals surface area contributed by atoms with E-state index in [2.05, 4.69) is 4.74 Å². The zero-order chi connectivity index (χ0) is 13.7. The van der Waals surface area contributed by atoms with Crippen molar-refractivity contribution in [2.24, 2.45) is 0 Å². The molecule has 0 aliphatic carbocycles. The molecule has 0 saturated carbocycles. The number of carbonyl (C=O) groups is 2. The first kappa shape index (κ1) is 15.5. The van der Waals surface area contributed by atoms with Crippen molar-refractivity contribution in [3.63, 3.8) is 0 Å². The molecule has 0 aliphatic heterocycles. The van der Waals surface area contributed by atoms with E-state index in [1.54, 1.807) is 20.8 Å². The van der Waals surface area contributed by atoms with Crippen LogP contribution in [0.2, 0.25) is 0 Å². The van der Waals surface area contributed by atoms with Gasteiger partial charge < -0.3 is 9.47 Å². The SMILES string of the molecule is CC(C)(C)OC(=O)/C=C/C(=O)OCC(F)(F)F. The standard InChI is InChI=1S/C10H13F3O4/c1-9(2,3)17-8(15)5-4-7(14)16-6-10(11,12)13/h4-5H,6H2,1-3H3/b5-4+. The van der Waals surface area contributed by atoms with Crippen LogP contribution in [0.25, 0.3) is 0 Å². The van der Waals surface area contributed by atoms with Crippen molar-refractivity contribution in [2.45, 2.75) is 32.5 Å². The quantitative estimate of drug-likeness (QED) is 0.571. The summed E-state index contributed by atoms with van der Waals surface area (Å²) in [6, 6.07) is 0. The maximum Gasteiger partial charge on any atom is 0.422 e. The highest BCUT2D eigenvalue weighted by Gasteiger charge is 2.29. The lowest BCUT2D eigenvalue weighted by Gasteiger charge is -2.17. The third-order valence-corrected chi connectivity index (χ3v) is 1.14. The van der Waals surface area contributed by atoms with Gasteiger partial charge in [-0.25, -0.2) is 9.59 Å². The lowest BCUT2D eigenvalue weighted by atomic mass is 10.2. The van der Waals surface area contributed by atoms with Gasteiger partial charge in [0.25, 0.3) is 0 Å². The maximum absolute atomic E-state index is 11.6. The predicted octanol–water partition coefficient (Wildman–Crippen LogP) is 1.99. The fourth-order valence-corrected chi connectivity index (χ4v) is 0.673. The number of halogens is 3. The molecule has 98 valence electrons. The van der Waals surface area contributed by atoms with Gasteiger partial charge in [0.1, 0.15) is 5.60 Å². The molecule has 0 unspecified atom stereocenters. The van der Waals surface area contributed by atoms with Crippen LogP contribution in [-0.2, 0) is 19.1 Å². The second-order valence-electron chi connectivity index (χ2n) is 4.09. The number of hydrogen-bond acceptors (Lipinski definition) is 4. The van der Waals surface area contributed by atoms with Crippen LogP contribution < -0.4 is 0 Å². The maximum atomic E-state index is 11.6. The van der Waals surface area contributed by atoms with Crippen LogP contribution in [0.5, 0.6) is 0 Å². The van der Waals surface area contributed by atoms with Crippen molar-refractivity contribution in [3.8, 4) is 0 Å². The molecular weight excluding hydrogens is 241 g/mol. The Morgan fingerprint density at radius 2 is 1.53 bits per heavy atom. The Hall–Kier alpha value is -1.53. The Kier molecular flexibility index (Phi) is 5.18. The summed E-state index contributed by atoms with van der Waals surface area (Å²) in [6.07, 6.45) is -3.29. The van der Waals surface area contributed by atoms with Gasteiger partial charge in [0.15, 0.2) is 6.61 Å². The van der Waals surface area contributed by atoms with E-state index < -0.39 is 30.3 Å². The van der Waals surface area contributed by atoms with Gasteiger partial charge in [-0.3, -0.25) is 0 Å². The summed E-state index contributed by atoms with van der Waals surface area (Å²) in [6.45, 7) is 3.15. The highest BCUT2D eigenvalue weighted by molar-refractivity contribution is 5.91. The van der Waals surface area contributed by atoms with Crippen molar-refractivity contribution >= 4 is 11.9 Å². The molecule has 0 fully saturated rings. The average Bonchev–Trinajstić information content (AvgIpc) is 2.07. The summed E-state index contributed by atoms with van der Waals surface area (Å²) in [5, 5.41) is 0. The number of hydrogen-bond donors (Lipinski definition) is 0. The molecule has 4 nitrogen and oxygen atoms in total. The largest absolute Gasteiger partial charge is 0.457 e. The molecule has 0 saturated heterocycles. The van der Waals surface area contributed by atoms with Gasteiger partial charge in [-0.1, -0.05) is 0 Å². The molecule has 0 N–H and O–H groups in total. The van der Waals surface area contributed by atoms with Gasteiger partial charge in [0, 0.05) is 12.2 Å². The van der Waals surface area contributed by atoms with Crippen molar-refractivity contribution in [2.75, 3.05) is 6.61 Å². The molecule has 0 bridgehead atoms. The van der Waals surface area contributed by atoms with E-state index >= 15 is 0 Å². The minimum absolute atomic E-state index is 0.583. The van der Waals surface area contributed by atoms with Crippen molar-refractivity contribution in [1.82, 2.24) is 0 Å². The van der Waals surface area contributed by atoms with Crippen molar-refractivity contribution < 1.29 is 32.2 Å². The molecule has 0 spiro atoms. The molecule has 0 aliphatic rings. The Labute approximate surface area is 96.4 Å². The Morgan fingerprint density at radius 3 is 1.94 bits per heavy atom. The van der Waals surface area contributed by atoms with Gasteiger partial charge in [0.05, 0.1) is 0 Å². The van der Waals surface area contributed by atoms with Gasteiger partial charge in [-0.15, -0.1) is 0 Å². The Bertz CT molecular complexity index is 312. The molecule has 7 heteroatoms. The first-order chi connectivity index (χ1) is 7.49. The molecule has 0 atom stereocenters. The fourth-order valence-electron chi connectivity index (χ4n) is 0.673. The zero-order valence-electron chi connectivity index (χ0n) is 9.63. The van der Waals surface area contributed by atoms with Gasteiger partial charge in [-0.2, -0.15) is 13.2 Å². The molecule has 0 heterocycles. The van der Waals surface area contributed by atoms with Crippen LogP contribution >= 0.6 is 0 Å². The Balaban J connectivity index is 4.08. The molecule has 0 amide bonds. The van der Waals surface area contributed by atoms with Crippen LogP contribution in [-0.4, -0.2) is 30.3 Å². The summed E-state index contributed by atoms with van der Waals surface area (Å²) < 4.78 is 43.5. The summed E-state index contributed by atoms with van der Waals surface area (Å²) in [5.74, 6) is -2.09. The fraction of sp³-hybridized carbons (Fsp3) is 0.600. The highest BCUT2D eigenvalue weighted by atomic mass is 19.4. The van der Waals surface area contributed by atoms with E-state index in [9.17, 15) is 22.8 Å². The third kappa shape index (κ3) is 10.7. The number of rotatable bonds is 3. The van der Waals surface area contributed by atoms with Gasteiger partial charge >= 0.3 is 18.1 Å². The number of carbonyl (C=O) groups excluding carboxylic acids is 2. The molecule has 0 radical (unpaired) electrons. The Morgan fingerprint density at radius 1 is 1.06 bits per heavy atom. The minimum atomic E-state index is -4.59. The average molecular weight is 254 g/mol. The van der Waals surface area contributed by atoms with E-state index in [1.165, 1.54) is 0 Å². The molecule has 0 aromatic heterocycles. The minimum Gasteiger partial charge on any atom is -0.457 e. The predicted molar refractivity (Wildman–Crippen MR) is 52.0 cm³/mol. The highest BCUT2D eigenvalue weighted by Crippen LogP contribution is 2.14. The third-order valence-electron chi connectivity index (χ3n) is 1.14. The second-order valence-corrected chi connectivity index (χ2v) is 4.09. The lowest BCUT2D eigenvalue weighted by molar-refractivity contribution is -0.182. The second kappa shape index (κ2) is 5.70. The number of esters is 2. The topological polar surface area (TPSA) is 52.6 Å². The van der Waals surface area contributed by atoms with Crippen LogP contribution in [0.15, 0.2) is 12.2 Å². The smallest absolute Gasteiger partial charge is 0.422 e. The van der Waals surface area contributed by atoms with E-state index in [4.69, 9.17) is 4.74 Å². The summed E-state index contributed by atoms with van der Waals surface area (Å²) in [4.78, 5) is 21.8. The van der Waals surface area contributed by atoms with Crippen LogP contribution in [0.3, 0.4) is 0 Å². The zero-order valence-corrected chi connectivity index (χ0v) is 9.63. The van der Waals surface area contributed by atoms with Crippen LogP contribution in [0, 0.1) is 0 Å². The monoisotopic (exact) mass is 254 g/mol.